The summed E-state index contributed by atoms with van der Waals surface area (Å²) in [6, 6.07) is 8.59. The second-order valence-corrected chi connectivity index (χ2v) is 5.21. The molecule has 19 heavy (non-hydrogen) atoms. The molecule has 0 aliphatic carbocycles. The molecule has 3 rings (SSSR count). The number of benzene rings is 1. The van der Waals surface area contributed by atoms with Crippen molar-refractivity contribution < 1.29 is 9.15 Å². The summed E-state index contributed by atoms with van der Waals surface area (Å²) in [7, 11) is 1.68. The normalized spacial score (nSPS) is 20.8. The number of hydrogen-bond acceptors (Lipinski definition) is 4. The first kappa shape index (κ1) is 12.5. The summed E-state index contributed by atoms with van der Waals surface area (Å²) >= 11 is 0. The van der Waals surface area contributed by atoms with Gasteiger partial charge in [0.15, 0.2) is 0 Å². The Morgan fingerprint density at radius 1 is 1.42 bits per heavy atom. The second kappa shape index (κ2) is 5.23. The lowest BCUT2D eigenvalue weighted by molar-refractivity contribution is 0.188. The number of fused-ring (bicyclic) bond motifs is 1. The zero-order valence-corrected chi connectivity index (χ0v) is 11.5. The van der Waals surface area contributed by atoms with Crippen LogP contribution < -0.4 is 10.1 Å². The van der Waals surface area contributed by atoms with Crippen molar-refractivity contribution in [3.05, 3.63) is 30.0 Å². The Bertz CT molecular complexity index is 564. The van der Waals surface area contributed by atoms with Crippen molar-refractivity contribution in [2.75, 3.05) is 26.7 Å². The van der Waals surface area contributed by atoms with E-state index in [0.717, 1.165) is 48.7 Å². The summed E-state index contributed by atoms with van der Waals surface area (Å²) in [5.74, 6) is 1.90. The van der Waals surface area contributed by atoms with Gasteiger partial charge in [-0.1, -0.05) is 0 Å². The zero-order chi connectivity index (χ0) is 13.2. The first-order valence-electron chi connectivity index (χ1n) is 6.77. The number of rotatable bonds is 3. The van der Waals surface area contributed by atoms with E-state index in [9.17, 15) is 0 Å². The lowest BCUT2D eigenvalue weighted by atomic mass is 10.2. The van der Waals surface area contributed by atoms with E-state index in [1.165, 1.54) is 0 Å². The molecular weight excluding hydrogens is 240 g/mol. The smallest absolute Gasteiger partial charge is 0.134 e. The van der Waals surface area contributed by atoms with Crippen LogP contribution in [0.3, 0.4) is 0 Å². The molecule has 0 unspecified atom stereocenters. The summed E-state index contributed by atoms with van der Waals surface area (Å²) in [6.07, 6.45) is 0. The molecule has 4 nitrogen and oxygen atoms in total. The summed E-state index contributed by atoms with van der Waals surface area (Å²) in [4.78, 5) is 2.43. The Morgan fingerprint density at radius 3 is 3.11 bits per heavy atom. The van der Waals surface area contributed by atoms with Gasteiger partial charge in [-0.25, -0.2) is 0 Å². The number of nitrogens with one attached hydrogen (secondary N) is 1. The van der Waals surface area contributed by atoms with Crippen LogP contribution in [-0.2, 0) is 6.54 Å². The van der Waals surface area contributed by atoms with Crippen LogP contribution in [0.1, 0.15) is 12.7 Å². The van der Waals surface area contributed by atoms with E-state index in [2.05, 4.69) is 23.2 Å². The van der Waals surface area contributed by atoms with Crippen molar-refractivity contribution in [2.24, 2.45) is 0 Å². The number of hydrogen-bond donors (Lipinski definition) is 1. The molecule has 1 aromatic carbocycles. The Kier molecular flexibility index (Phi) is 3.44. The van der Waals surface area contributed by atoms with Crippen molar-refractivity contribution in [2.45, 2.75) is 19.5 Å². The van der Waals surface area contributed by atoms with Crippen LogP contribution in [0.5, 0.6) is 5.75 Å². The van der Waals surface area contributed by atoms with Gasteiger partial charge in [0.05, 0.1) is 13.7 Å². The molecular formula is C15H20N2O2. The Morgan fingerprint density at radius 2 is 2.32 bits per heavy atom. The van der Waals surface area contributed by atoms with E-state index in [1.54, 1.807) is 7.11 Å². The lowest BCUT2D eigenvalue weighted by Gasteiger charge is -2.30. The van der Waals surface area contributed by atoms with E-state index < -0.39 is 0 Å². The van der Waals surface area contributed by atoms with Crippen molar-refractivity contribution in [3.63, 3.8) is 0 Å². The average molecular weight is 260 g/mol. The predicted molar refractivity (Wildman–Crippen MR) is 75.5 cm³/mol. The molecule has 4 heteroatoms. The van der Waals surface area contributed by atoms with E-state index in [4.69, 9.17) is 9.15 Å². The summed E-state index contributed by atoms with van der Waals surface area (Å²) < 4.78 is 11.1. The molecule has 1 fully saturated rings. The minimum absolute atomic E-state index is 0.554. The first-order chi connectivity index (χ1) is 9.24. The van der Waals surface area contributed by atoms with Crippen LogP contribution in [0, 0.1) is 0 Å². The molecule has 1 N–H and O–H groups in total. The maximum absolute atomic E-state index is 5.89. The van der Waals surface area contributed by atoms with E-state index >= 15 is 0 Å². The molecule has 102 valence electrons. The van der Waals surface area contributed by atoms with Crippen molar-refractivity contribution >= 4 is 11.0 Å². The van der Waals surface area contributed by atoms with E-state index in [0.29, 0.717) is 6.04 Å². The topological polar surface area (TPSA) is 37.6 Å². The van der Waals surface area contributed by atoms with Crippen LogP contribution in [0.15, 0.2) is 28.7 Å². The van der Waals surface area contributed by atoms with Gasteiger partial charge in [0.2, 0.25) is 0 Å². The van der Waals surface area contributed by atoms with Crippen LogP contribution >= 0.6 is 0 Å². The fourth-order valence-electron chi connectivity index (χ4n) is 2.66. The third-order valence-electron chi connectivity index (χ3n) is 3.61. The molecule has 0 bridgehead atoms. The van der Waals surface area contributed by atoms with Gasteiger partial charge in [0, 0.05) is 31.1 Å². The molecule has 2 heterocycles. The van der Waals surface area contributed by atoms with Crippen LogP contribution in [0.2, 0.25) is 0 Å². The van der Waals surface area contributed by atoms with E-state index in [-0.39, 0.29) is 0 Å². The monoisotopic (exact) mass is 260 g/mol. The average Bonchev–Trinajstić information content (AvgIpc) is 2.79. The highest BCUT2D eigenvalue weighted by atomic mass is 16.5. The fourth-order valence-corrected chi connectivity index (χ4v) is 2.66. The molecule has 1 aliphatic heterocycles. The molecule has 1 saturated heterocycles. The van der Waals surface area contributed by atoms with Gasteiger partial charge in [-0.3, -0.25) is 4.90 Å². The number of nitrogens with zero attached hydrogens (tertiary/aromatic N) is 1. The predicted octanol–water partition coefficient (Wildman–Crippen LogP) is 2.24. The minimum atomic E-state index is 0.554. The molecule has 0 radical (unpaired) electrons. The highest BCUT2D eigenvalue weighted by Gasteiger charge is 2.17. The number of furan rings is 1. The zero-order valence-electron chi connectivity index (χ0n) is 11.5. The Hall–Kier alpha value is -1.52. The fraction of sp³-hybridized carbons (Fsp3) is 0.467. The van der Waals surface area contributed by atoms with Gasteiger partial charge in [-0.05, 0) is 31.2 Å². The van der Waals surface area contributed by atoms with Gasteiger partial charge in [-0.15, -0.1) is 0 Å². The second-order valence-electron chi connectivity index (χ2n) is 5.21. The van der Waals surface area contributed by atoms with Gasteiger partial charge in [0.25, 0.3) is 0 Å². The van der Waals surface area contributed by atoms with Gasteiger partial charge in [0.1, 0.15) is 17.1 Å². The molecule has 0 spiro atoms. The Labute approximate surface area is 113 Å². The number of piperazine rings is 1. The summed E-state index contributed by atoms with van der Waals surface area (Å²) in [5, 5.41) is 4.56. The third kappa shape index (κ3) is 2.74. The Balaban J connectivity index is 1.77. The summed E-state index contributed by atoms with van der Waals surface area (Å²) in [5.41, 5.74) is 0.930. The highest BCUT2D eigenvalue weighted by molar-refractivity contribution is 5.79. The van der Waals surface area contributed by atoms with Crippen LogP contribution in [0.4, 0.5) is 0 Å². The molecule has 1 atom stereocenters. The van der Waals surface area contributed by atoms with E-state index in [1.807, 2.05) is 18.2 Å². The molecule has 1 aliphatic rings. The number of methoxy groups -OCH3 is 1. The maximum Gasteiger partial charge on any atom is 0.134 e. The molecule has 0 saturated carbocycles. The molecule has 2 aromatic rings. The van der Waals surface area contributed by atoms with Crippen LogP contribution in [0.25, 0.3) is 11.0 Å². The summed E-state index contributed by atoms with van der Waals surface area (Å²) in [6.45, 7) is 6.29. The maximum atomic E-state index is 5.89. The van der Waals surface area contributed by atoms with Gasteiger partial charge < -0.3 is 14.5 Å². The van der Waals surface area contributed by atoms with Gasteiger partial charge >= 0.3 is 0 Å². The quantitative estimate of drug-likeness (QED) is 0.918. The standard InChI is InChI=1S/C15H20N2O2/c1-11-9-17(6-5-16-11)10-14-8-12-7-13(18-2)3-4-15(12)19-14/h3-4,7-8,11,16H,5-6,9-10H2,1-2H3/t11-/m0/s1. The third-order valence-corrected chi connectivity index (χ3v) is 3.61. The first-order valence-corrected chi connectivity index (χ1v) is 6.77. The highest BCUT2D eigenvalue weighted by Crippen LogP contribution is 2.25. The molecule has 1 aromatic heterocycles. The van der Waals surface area contributed by atoms with Gasteiger partial charge in [-0.2, -0.15) is 0 Å². The van der Waals surface area contributed by atoms with Crippen molar-refractivity contribution in [1.29, 1.82) is 0 Å². The van der Waals surface area contributed by atoms with Crippen molar-refractivity contribution in [3.8, 4) is 5.75 Å². The largest absolute Gasteiger partial charge is 0.497 e. The minimum Gasteiger partial charge on any atom is -0.497 e. The number of ether oxygens (including phenoxy) is 1. The molecule has 0 amide bonds. The van der Waals surface area contributed by atoms with Crippen LogP contribution in [-0.4, -0.2) is 37.7 Å². The SMILES string of the molecule is COc1ccc2oc(CN3CCN[C@@H](C)C3)cc2c1. The van der Waals surface area contributed by atoms with Crippen molar-refractivity contribution in [1.82, 2.24) is 10.2 Å². The lowest BCUT2D eigenvalue weighted by Crippen LogP contribution is -2.48.